The second-order valence-corrected chi connectivity index (χ2v) is 8.77. The van der Waals surface area contributed by atoms with E-state index in [1.807, 2.05) is 48.2 Å². The number of phenolic OH excluding ortho intramolecular Hbond substituents is 1. The van der Waals surface area contributed by atoms with E-state index in [-0.39, 0.29) is 17.5 Å². The second kappa shape index (κ2) is 8.87. The Bertz CT molecular complexity index is 808. The zero-order valence-electron chi connectivity index (χ0n) is 18.0. The molecule has 0 unspecified atom stereocenters. The third kappa shape index (κ3) is 5.10. The van der Waals surface area contributed by atoms with E-state index in [1.54, 1.807) is 6.07 Å². The Hall–Kier alpha value is -2.53. The van der Waals surface area contributed by atoms with Crippen molar-refractivity contribution >= 4 is 11.6 Å². The maximum absolute atomic E-state index is 13.4. The first-order chi connectivity index (χ1) is 13.8. The molecule has 1 heterocycles. The summed E-state index contributed by atoms with van der Waals surface area (Å²) < 4.78 is 0. The minimum Gasteiger partial charge on any atom is -0.506 e. The summed E-state index contributed by atoms with van der Waals surface area (Å²) in [4.78, 5) is 19.9. The van der Waals surface area contributed by atoms with Crippen molar-refractivity contribution in [2.24, 2.45) is 0 Å². The molecule has 1 saturated heterocycles. The molecular weight excluding hydrogens is 362 g/mol. The van der Waals surface area contributed by atoms with Crippen molar-refractivity contribution in [1.82, 2.24) is 9.80 Å². The van der Waals surface area contributed by atoms with Gasteiger partial charge in [-0.3, -0.25) is 9.69 Å². The quantitative estimate of drug-likeness (QED) is 0.838. The number of hydrogen-bond donors (Lipinski definition) is 1. The number of para-hydroxylation sites is 2. The predicted molar refractivity (Wildman–Crippen MR) is 118 cm³/mol. The smallest absolute Gasteiger partial charge is 0.240 e. The zero-order chi connectivity index (χ0) is 21.0. The highest BCUT2D eigenvalue weighted by atomic mass is 16.3. The van der Waals surface area contributed by atoms with Gasteiger partial charge in [-0.1, -0.05) is 42.5 Å². The Labute approximate surface area is 174 Å². The van der Waals surface area contributed by atoms with Crippen LogP contribution >= 0.6 is 0 Å². The lowest BCUT2D eigenvalue weighted by Crippen LogP contribution is -2.57. The number of anilines is 1. The van der Waals surface area contributed by atoms with Crippen molar-refractivity contribution < 1.29 is 9.90 Å². The van der Waals surface area contributed by atoms with Crippen molar-refractivity contribution in [3.05, 3.63) is 60.2 Å². The summed E-state index contributed by atoms with van der Waals surface area (Å²) in [5.74, 6) is 0.476. The Balaban J connectivity index is 1.66. The fraction of sp³-hybridized carbons (Fsp3) is 0.458. The van der Waals surface area contributed by atoms with E-state index in [0.717, 1.165) is 37.4 Å². The van der Waals surface area contributed by atoms with Crippen LogP contribution in [0.3, 0.4) is 0 Å². The lowest BCUT2D eigenvalue weighted by molar-refractivity contribution is -0.142. The van der Waals surface area contributed by atoms with Crippen LogP contribution < -0.4 is 4.90 Å². The van der Waals surface area contributed by atoms with E-state index in [2.05, 4.69) is 42.7 Å². The van der Waals surface area contributed by atoms with E-state index < -0.39 is 0 Å². The second-order valence-electron chi connectivity index (χ2n) is 8.77. The van der Waals surface area contributed by atoms with Gasteiger partial charge >= 0.3 is 0 Å². The Morgan fingerprint density at radius 2 is 1.59 bits per heavy atom. The van der Waals surface area contributed by atoms with Gasteiger partial charge in [0.15, 0.2) is 0 Å². The maximum atomic E-state index is 13.4. The molecule has 1 aliphatic rings. The third-order valence-corrected chi connectivity index (χ3v) is 5.70. The SMILES string of the molecule is C[C@H](C(=O)N(Cc1ccccc1)C(C)(C)C)N1CCN(c2ccccc2O)CC1. The number of carbonyl (C=O) groups is 1. The van der Waals surface area contributed by atoms with Gasteiger partial charge in [0, 0.05) is 38.3 Å². The molecule has 0 saturated carbocycles. The predicted octanol–water partition coefficient (Wildman–Crippen LogP) is 3.73. The van der Waals surface area contributed by atoms with Gasteiger partial charge in [0.1, 0.15) is 5.75 Å². The number of benzene rings is 2. The van der Waals surface area contributed by atoms with Crippen LogP contribution in [-0.2, 0) is 11.3 Å². The number of nitrogens with zero attached hydrogens (tertiary/aromatic N) is 3. The van der Waals surface area contributed by atoms with Gasteiger partial charge in [0.05, 0.1) is 11.7 Å². The van der Waals surface area contributed by atoms with Gasteiger partial charge in [-0.15, -0.1) is 0 Å². The molecule has 0 spiro atoms. The summed E-state index contributed by atoms with van der Waals surface area (Å²) in [6.07, 6.45) is 0. The Morgan fingerprint density at radius 1 is 1.00 bits per heavy atom. The van der Waals surface area contributed by atoms with Gasteiger partial charge in [-0.2, -0.15) is 0 Å². The van der Waals surface area contributed by atoms with Crippen LogP contribution in [0.1, 0.15) is 33.3 Å². The minimum absolute atomic E-state index is 0.164. The molecule has 156 valence electrons. The molecule has 2 aromatic carbocycles. The lowest BCUT2D eigenvalue weighted by atomic mass is 10.0. The zero-order valence-corrected chi connectivity index (χ0v) is 18.0. The van der Waals surface area contributed by atoms with Crippen molar-refractivity contribution in [2.75, 3.05) is 31.1 Å². The largest absolute Gasteiger partial charge is 0.506 e. The molecule has 0 aromatic heterocycles. The fourth-order valence-electron chi connectivity index (χ4n) is 3.88. The summed E-state index contributed by atoms with van der Waals surface area (Å²) in [6.45, 7) is 12.1. The minimum atomic E-state index is -0.251. The summed E-state index contributed by atoms with van der Waals surface area (Å²) in [5, 5.41) is 10.1. The van der Waals surface area contributed by atoms with Crippen LogP contribution in [0, 0.1) is 0 Å². The summed E-state index contributed by atoms with van der Waals surface area (Å²) >= 11 is 0. The van der Waals surface area contributed by atoms with Gasteiger partial charge in [0.25, 0.3) is 0 Å². The van der Waals surface area contributed by atoms with Crippen molar-refractivity contribution in [2.45, 2.75) is 45.8 Å². The van der Waals surface area contributed by atoms with Crippen LogP contribution in [0.4, 0.5) is 5.69 Å². The standard InChI is InChI=1S/C24H33N3O2/c1-19(23(29)27(24(2,3)4)18-20-10-6-5-7-11-20)25-14-16-26(17-15-25)21-12-8-9-13-22(21)28/h5-13,19,28H,14-18H2,1-4H3/t19-/m1/s1. The molecule has 0 aliphatic carbocycles. The molecule has 1 fully saturated rings. The summed E-state index contributed by atoms with van der Waals surface area (Å²) in [6, 6.07) is 17.4. The highest BCUT2D eigenvalue weighted by Gasteiger charge is 2.34. The number of phenols is 1. The molecule has 2 aromatic rings. The molecule has 0 bridgehead atoms. The monoisotopic (exact) mass is 395 g/mol. The summed E-state index contributed by atoms with van der Waals surface area (Å²) in [5.41, 5.74) is 1.76. The van der Waals surface area contributed by atoms with Crippen LogP contribution in [0.25, 0.3) is 0 Å². The van der Waals surface area contributed by atoms with Crippen molar-refractivity contribution in [3.8, 4) is 5.75 Å². The first-order valence-corrected chi connectivity index (χ1v) is 10.4. The number of carbonyl (C=O) groups excluding carboxylic acids is 1. The molecule has 1 atom stereocenters. The molecule has 29 heavy (non-hydrogen) atoms. The highest BCUT2D eigenvalue weighted by molar-refractivity contribution is 5.82. The van der Waals surface area contributed by atoms with Crippen LogP contribution in [-0.4, -0.2) is 58.6 Å². The topological polar surface area (TPSA) is 47.0 Å². The van der Waals surface area contributed by atoms with Crippen molar-refractivity contribution in [3.63, 3.8) is 0 Å². The van der Waals surface area contributed by atoms with E-state index >= 15 is 0 Å². The van der Waals surface area contributed by atoms with Crippen molar-refractivity contribution in [1.29, 1.82) is 0 Å². The first kappa shape index (κ1) is 21.2. The van der Waals surface area contributed by atoms with E-state index in [0.29, 0.717) is 12.3 Å². The average Bonchev–Trinajstić information content (AvgIpc) is 2.71. The highest BCUT2D eigenvalue weighted by Crippen LogP contribution is 2.28. The molecule has 5 nitrogen and oxygen atoms in total. The van der Waals surface area contributed by atoms with Crippen LogP contribution in [0.5, 0.6) is 5.75 Å². The van der Waals surface area contributed by atoms with Crippen LogP contribution in [0.2, 0.25) is 0 Å². The first-order valence-electron chi connectivity index (χ1n) is 10.4. The Morgan fingerprint density at radius 3 is 2.17 bits per heavy atom. The molecule has 5 heteroatoms. The van der Waals surface area contributed by atoms with Gasteiger partial charge < -0.3 is 14.9 Å². The van der Waals surface area contributed by atoms with E-state index in [4.69, 9.17) is 0 Å². The van der Waals surface area contributed by atoms with E-state index in [1.165, 1.54) is 0 Å². The van der Waals surface area contributed by atoms with Gasteiger partial charge in [0.2, 0.25) is 5.91 Å². The van der Waals surface area contributed by atoms with Gasteiger partial charge in [-0.25, -0.2) is 0 Å². The van der Waals surface area contributed by atoms with Gasteiger partial charge in [-0.05, 0) is 45.4 Å². The Kier molecular flexibility index (Phi) is 6.48. The third-order valence-electron chi connectivity index (χ3n) is 5.70. The molecule has 1 aliphatic heterocycles. The number of piperazine rings is 1. The number of rotatable bonds is 5. The molecule has 3 rings (SSSR count). The molecular formula is C24H33N3O2. The maximum Gasteiger partial charge on any atom is 0.240 e. The number of hydrogen-bond acceptors (Lipinski definition) is 4. The van der Waals surface area contributed by atoms with Crippen LogP contribution in [0.15, 0.2) is 54.6 Å². The number of amides is 1. The molecule has 1 N–H and O–H groups in total. The molecule has 0 radical (unpaired) electrons. The lowest BCUT2D eigenvalue weighted by Gasteiger charge is -2.43. The average molecular weight is 396 g/mol. The molecule has 1 amide bonds. The normalized spacial score (nSPS) is 16.5. The van der Waals surface area contributed by atoms with E-state index in [9.17, 15) is 9.90 Å². The number of aromatic hydroxyl groups is 1. The summed E-state index contributed by atoms with van der Waals surface area (Å²) in [7, 11) is 0. The fourth-order valence-corrected chi connectivity index (χ4v) is 3.88.